The zero-order chi connectivity index (χ0) is 15.5. The zero-order valence-electron chi connectivity index (χ0n) is 14.0. The Morgan fingerprint density at radius 2 is 2.23 bits per heavy atom. The molecule has 1 saturated heterocycles. The van der Waals surface area contributed by atoms with Gasteiger partial charge in [-0.15, -0.1) is 0 Å². The van der Waals surface area contributed by atoms with Crippen LogP contribution in [0.1, 0.15) is 19.2 Å². The van der Waals surface area contributed by atoms with Crippen molar-refractivity contribution in [2.45, 2.75) is 26.3 Å². The molecule has 0 aromatic carbocycles. The normalized spacial score (nSPS) is 19.5. The van der Waals surface area contributed by atoms with Crippen molar-refractivity contribution in [2.75, 3.05) is 40.3 Å². The molecule has 0 amide bonds. The van der Waals surface area contributed by atoms with E-state index in [-0.39, 0.29) is 0 Å². The average Bonchev–Trinajstić information content (AvgIpc) is 3.09. The zero-order valence-corrected chi connectivity index (χ0v) is 14.0. The maximum Gasteiger partial charge on any atom is 0.160 e. The van der Waals surface area contributed by atoms with E-state index in [1.54, 1.807) is 0 Å². The van der Waals surface area contributed by atoms with Gasteiger partial charge in [0, 0.05) is 32.3 Å². The number of nitrogens with zero attached hydrogens (tertiary/aromatic N) is 5. The maximum absolute atomic E-state index is 4.87. The molecule has 1 aliphatic heterocycles. The fourth-order valence-corrected chi connectivity index (χ4v) is 3.32. The van der Waals surface area contributed by atoms with Crippen LogP contribution < -0.4 is 0 Å². The van der Waals surface area contributed by atoms with Gasteiger partial charge in [-0.3, -0.25) is 0 Å². The predicted molar refractivity (Wildman–Crippen MR) is 90.0 cm³/mol. The summed E-state index contributed by atoms with van der Waals surface area (Å²) in [6, 6.07) is 4.05. The molecule has 5 nitrogen and oxygen atoms in total. The summed E-state index contributed by atoms with van der Waals surface area (Å²) in [4.78, 5) is 14.2. The lowest BCUT2D eigenvalue weighted by Crippen LogP contribution is -2.22. The number of imidazole rings is 1. The maximum atomic E-state index is 4.87. The minimum Gasteiger partial charge on any atom is -0.311 e. The average molecular weight is 301 g/mol. The first-order chi connectivity index (χ1) is 10.7. The van der Waals surface area contributed by atoms with Crippen molar-refractivity contribution in [3.05, 3.63) is 24.2 Å². The lowest BCUT2D eigenvalue weighted by molar-refractivity contribution is 0.339. The van der Waals surface area contributed by atoms with E-state index in [4.69, 9.17) is 4.98 Å². The summed E-state index contributed by atoms with van der Waals surface area (Å²) in [6.07, 6.45) is 4.23. The summed E-state index contributed by atoms with van der Waals surface area (Å²) in [5.41, 5.74) is 2.06. The van der Waals surface area contributed by atoms with Gasteiger partial charge in [0.1, 0.15) is 11.3 Å². The lowest BCUT2D eigenvalue weighted by Gasteiger charge is -2.15. The molecule has 0 bridgehead atoms. The highest BCUT2D eigenvalue weighted by Crippen LogP contribution is 2.22. The molecule has 0 radical (unpaired) electrons. The molecule has 3 heterocycles. The van der Waals surface area contributed by atoms with Gasteiger partial charge in [0.25, 0.3) is 0 Å². The summed E-state index contributed by atoms with van der Waals surface area (Å²) in [5, 5.41) is 0. The highest BCUT2D eigenvalue weighted by molar-refractivity contribution is 5.71. The number of pyridine rings is 1. The summed E-state index contributed by atoms with van der Waals surface area (Å²) in [7, 11) is 4.23. The van der Waals surface area contributed by atoms with Gasteiger partial charge in [0.05, 0.1) is 0 Å². The first kappa shape index (κ1) is 15.4. The van der Waals surface area contributed by atoms with Crippen LogP contribution in [0.3, 0.4) is 0 Å². The summed E-state index contributed by atoms with van der Waals surface area (Å²) in [6.45, 7) is 7.83. The number of aromatic nitrogens is 3. The van der Waals surface area contributed by atoms with Gasteiger partial charge in [0.15, 0.2) is 5.65 Å². The Labute approximate surface area is 132 Å². The number of rotatable bonds is 6. The Kier molecular flexibility index (Phi) is 4.74. The molecule has 0 saturated carbocycles. The highest BCUT2D eigenvalue weighted by atomic mass is 15.2. The molecule has 1 fully saturated rings. The predicted octanol–water partition coefficient (Wildman–Crippen LogP) is 1.88. The van der Waals surface area contributed by atoms with Gasteiger partial charge in [-0.05, 0) is 51.7 Å². The largest absolute Gasteiger partial charge is 0.311 e. The van der Waals surface area contributed by atoms with E-state index in [1.807, 2.05) is 12.3 Å². The van der Waals surface area contributed by atoms with E-state index in [9.17, 15) is 0 Å². The highest BCUT2D eigenvalue weighted by Gasteiger charge is 2.24. The Balaban J connectivity index is 1.82. The second kappa shape index (κ2) is 6.75. The van der Waals surface area contributed by atoms with Crippen molar-refractivity contribution >= 4 is 11.2 Å². The van der Waals surface area contributed by atoms with Crippen molar-refractivity contribution in [1.29, 1.82) is 0 Å². The molecule has 5 heteroatoms. The van der Waals surface area contributed by atoms with E-state index in [0.717, 1.165) is 43.1 Å². The fourth-order valence-electron chi connectivity index (χ4n) is 3.32. The number of hydrogen-bond donors (Lipinski definition) is 0. The van der Waals surface area contributed by atoms with Gasteiger partial charge >= 0.3 is 0 Å². The van der Waals surface area contributed by atoms with Crippen molar-refractivity contribution in [3.8, 4) is 0 Å². The van der Waals surface area contributed by atoms with Crippen LogP contribution in [0.15, 0.2) is 18.3 Å². The van der Waals surface area contributed by atoms with E-state index >= 15 is 0 Å². The van der Waals surface area contributed by atoms with Crippen molar-refractivity contribution in [2.24, 2.45) is 5.92 Å². The first-order valence-electron chi connectivity index (χ1n) is 8.34. The third-order valence-corrected chi connectivity index (χ3v) is 4.64. The van der Waals surface area contributed by atoms with Crippen LogP contribution in [0.5, 0.6) is 0 Å². The second-order valence-electron chi connectivity index (χ2n) is 6.58. The molecule has 120 valence electrons. The molecule has 0 N–H and O–H groups in total. The molecule has 3 rings (SSSR count). The number of likely N-dealkylation sites (N-methyl/N-ethyl adjacent to an activating group) is 1. The van der Waals surface area contributed by atoms with Crippen LogP contribution in [-0.2, 0) is 13.0 Å². The SMILES string of the molecule is CCN1CCC(Cc2nc3cccnc3n2CCN(C)C)C1. The number of hydrogen-bond acceptors (Lipinski definition) is 4. The minimum atomic E-state index is 0.731. The van der Waals surface area contributed by atoms with Gasteiger partial charge in [-0.1, -0.05) is 6.92 Å². The van der Waals surface area contributed by atoms with Crippen LogP contribution in [-0.4, -0.2) is 64.6 Å². The summed E-state index contributed by atoms with van der Waals surface area (Å²) >= 11 is 0. The summed E-state index contributed by atoms with van der Waals surface area (Å²) in [5.74, 6) is 1.94. The quantitative estimate of drug-likeness (QED) is 0.816. The first-order valence-corrected chi connectivity index (χ1v) is 8.34. The monoisotopic (exact) mass is 301 g/mol. The third kappa shape index (κ3) is 3.31. The smallest absolute Gasteiger partial charge is 0.160 e. The molecular formula is C17H27N5. The Morgan fingerprint density at radius 3 is 2.95 bits per heavy atom. The van der Waals surface area contributed by atoms with Crippen LogP contribution in [0.25, 0.3) is 11.2 Å². The lowest BCUT2D eigenvalue weighted by atomic mass is 10.0. The van der Waals surface area contributed by atoms with E-state index in [0.29, 0.717) is 0 Å². The minimum absolute atomic E-state index is 0.731. The fraction of sp³-hybridized carbons (Fsp3) is 0.647. The molecular weight excluding hydrogens is 274 g/mol. The number of fused-ring (bicyclic) bond motifs is 1. The second-order valence-corrected chi connectivity index (χ2v) is 6.58. The molecule has 2 aromatic rings. The number of likely N-dealkylation sites (tertiary alicyclic amines) is 1. The topological polar surface area (TPSA) is 37.2 Å². The van der Waals surface area contributed by atoms with Crippen LogP contribution in [0.2, 0.25) is 0 Å². The van der Waals surface area contributed by atoms with Crippen LogP contribution >= 0.6 is 0 Å². The molecule has 1 atom stereocenters. The molecule has 1 unspecified atom stereocenters. The van der Waals surface area contributed by atoms with Gasteiger partial charge in [-0.2, -0.15) is 0 Å². The van der Waals surface area contributed by atoms with Crippen LogP contribution in [0.4, 0.5) is 0 Å². The van der Waals surface area contributed by atoms with E-state index in [1.165, 1.54) is 25.3 Å². The Hall–Kier alpha value is -1.46. The molecule has 0 spiro atoms. The van der Waals surface area contributed by atoms with Gasteiger partial charge in [-0.25, -0.2) is 9.97 Å². The Morgan fingerprint density at radius 1 is 1.36 bits per heavy atom. The summed E-state index contributed by atoms with van der Waals surface area (Å²) < 4.78 is 2.32. The standard InChI is InChI=1S/C17H27N5/c1-4-21-9-7-14(13-21)12-16-19-15-6-5-8-18-17(15)22(16)11-10-20(2)3/h5-6,8,14H,4,7,9-13H2,1-3H3. The third-order valence-electron chi connectivity index (χ3n) is 4.64. The Bertz CT molecular complexity index is 619. The molecule has 0 aliphatic carbocycles. The van der Waals surface area contributed by atoms with E-state index in [2.05, 4.69) is 46.4 Å². The van der Waals surface area contributed by atoms with Crippen molar-refractivity contribution in [1.82, 2.24) is 24.3 Å². The molecule has 2 aromatic heterocycles. The molecule has 22 heavy (non-hydrogen) atoms. The molecule has 1 aliphatic rings. The van der Waals surface area contributed by atoms with Crippen molar-refractivity contribution < 1.29 is 0 Å². The van der Waals surface area contributed by atoms with Gasteiger partial charge < -0.3 is 14.4 Å². The van der Waals surface area contributed by atoms with Gasteiger partial charge in [0.2, 0.25) is 0 Å². The van der Waals surface area contributed by atoms with Crippen molar-refractivity contribution in [3.63, 3.8) is 0 Å². The van der Waals surface area contributed by atoms with Crippen LogP contribution in [0, 0.1) is 5.92 Å². The van der Waals surface area contributed by atoms with E-state index < -0.39 is 0 Å².